The third kappa shape index (κ3) is 2.30. The highest BCUT2D eigenvalue weighted by Crippen LogP contribution is 2.65. The number of fused-ring (bicyclic) bond motifs is 5. The van der Waals surface area contributed by atoms with Gasteiger partial charge in [0.2, 0.25) is 0 Å². The molecule has 4 fully saturated rings. The molecule has 1 N–H and O–H groups in total. The van der Waals surface area contributed by atoms with E-state index in [9.17, 15) is 14.0 Å². The first-order valence-electron chi connectivity index (χ1n) is 9.83. The number of alkyl halides is 1. The molecular weight excluding hydrogens is 321 g/mol. The van der Waals surface area contributed by atoms with Gasteiger partial charge in [0.05, 0.1) is 13.0 Å². The van der Waals surface area contributed by atoms with E-state index in [4.69, 9.17) is 4.74 Å². The summed E-state index contributed by atoms with van der Waals surface area (Å²) in [5.74, 6) is 1.03. The van der Waals surface area contributed by atoms with Gasteiger partial charge in [0.1, 0.15) is 0 Å². The van der Waals surface area contributed by atoms with Gasteiger partial charge >= 0.3 is 5.97 Å². The van der Waals surface area contributed by atoms with Gasteiger partial charge in [0.15, 0.2) is 6.17 Å². The van der Waals surface area contributed by atoms with Gasteiger partial charge in [-0.15, -0.1) is 0 Å². The van der Waals surface area contributed by atoms with Crippen LogP contribution in [-0.2, 0) is 14.3 Å². The van der Waals surface area contributed by atoms with Crippen molar-refractivity contribution in [3.8, 4) is 0 Å². The second-order valence-electron chi connectivity index (χ2n) is 9.39. The lowest BCUT2D eigenvalue weighted by Gasteiger charge is -2.60. The first kappa shape index (κ1) is 17.3. The maximum Gasteiger partial charge on any atom is 0.309 e. The van der Waals surface area contributed by atoms with Crippen LogP contribution >= 0.6 is 0 Å². The summed E-state index contributed by atoms with van der Waals surface area (Å²) in [5, 5.41) is 2.96. The van der Waals surface area contributed by atoms with Crippen molar-refractivity contribution in [1.82, 2.24) is 5.32 Å². The lowest BCUT2D eigenvalue weighted by atomic mass is 9.47. The summed E-state index contributed by atoms with van der Waals surface area (Å²) < 4.78 is 19.3. The molecule has 4 rings (SSSR count). The van der Waals surface area contributed by atoms with Crippen LogP contribution in [0.3, 0.4) is 0 Å². The highest BCUT2D eigenvalue weighted by molar-refractivity contribution is 5.82. The monoisotopic (exact) mass is 351 g/mol. The van der Waals surface area contributed by atoms with Crippen molar-refractivity contribution in [3.05, 3.63) is 0 Å². The molecule has 1 amide bonds. The van der Waals surface area contributed by atoms with Crippen molar-refractivity contribution in [1.29, 1.82) is 0 Å². The Morgan fingerprint density at radius 3 is 2.56 bits per heavy atom. The number of rotatable bonds is 1. The fraction of sp³-hybridized carbons (Fsp3) is 0.900. The molecule has 0 radical (unpaired) electrons. The summed E-state index contributed by atoms with van der Waals surface area (Å²) in [7, 11) is 1.49. The molecule has 0 aromatic carbocycles. The number of hydrogen-bond donors (Lipinski definition) is 1. The Morgan fingerprint density at radius 2 is 1.84 bits per heavy atom. The number of esters is 1. The molecule has 1 heterocycles. The molecule has 0 aromatic rings. The Kier molecular flexibility index (Phi) is 3.93. The number of halogens is 1. The van der Waals surface area contributed by atoms with Crippen molar-refractivity contribution >= 4 is 11.9 Å². The van der Waals surface area contributed by atoms with E-state index in [2.05, 4.69) is 19.2 Å². The molecule has 25 heavy (non-hydrogen) atoms. The molecule has 2 unspecified atom stereocenters. The number of carbonyl (C=O) groups is 2. The number of methoxy groups -OCH3 is 1. The van der Waals surface area contributed by atoms with Crippen molar-refractivity contribution in [2.45, 2.75) is 71.0 Å². The Balaban J connectivity index is 1.62. The molecule has 1 saturated heterocycles. The van der Waals surface area contributed by atoms with E-state index >= 15 is 0 Å². The quantitative estimate of drug-likeness (QED) is 0.738. The molecule has 0 spiro atoms. The Hall–Kier alpha value is -1.13. The molecule has 4 nitrogen and oxygen atoms in total. The summed E-state index contributed by atoms with van der Waals surface area (Å²) in [6, 6.07) is 0.107. The van der Waals surface area contributed by atoms with E-state index in [0.717, 1.165) is 38.5 Å². The minimum Gasteiger partial charge on any atom is -0.469 e. The number of piperidine rings is 1. The zero-order valence-corrected chi connectivity index (χ0v) is 15.5. The highest BCUT2D eigenvalue weighted by atomic mass is 19.1. The van der Waals surface area contributed by atoms with Crippen molar-refractivity contribution in [2.75, 3.05) is 7.11 Å². The second-order valence-corrected chi connectivity index (χ2v) is 9.39. The van der Waals surface area contributed by atoms with Crippen molar-refractivity contribution in [2.24, 2.45) is 34.5 Å². The van der Waals surface area contributed by atoms with Gasteiger partial charge in [-0.25, -0.2) is 4.39 Å². The van der Waals surface area contributed by atoms with Gasteiger partial charge < -0.3 is 10.1 Å². The van der Waals surface area contributed by atoms with Crippen molar-refractivity contribution in [3.63, 3.8) is 0 Å². The predicted molar refractivity (Wildman–Crippen MR) is 91.3 cm³/mol. The van der Waals surface area contributed by atoms with E-state index in [1.54, 1.807) is 0 Å². The lowest BCUT2D eigenvalue weighted by molar-refractivity contribution is -0.157. The first-order chi connectivity index (χ1) is 11.8. The SMILES string of the molecule is COC(=O)[C@H]1CC[C@H]2[C@@H]3CC[C@H]4NC(=O)C(F)C[C@]4(C)C3CC[C@]12C. The van der Waals surface area contributed by atoms with Crippen LogP contribution in [0.2, 0.25) is 0 Å². The molecule has 4 aliphatic rings. The summed E-state index contributed by atoms with van der Waals surface area (Å²) in [5.41, 5.74) is -0.134. The maximum atomic E-state index is 14.2. The third-order valence-corrected chi connectivity index (χ3v) is 8.57. The van der Waals surface area contributed by atoms with Crippen LogP contribution in [0, 0.1) is 34.5 Å². The minimum absolute atomic E-state index is 0.00830. The second kappa shape index (κ2) is 5.68. The van der Waals surface area contributed by atoms with Crippen molar-refractivity contribution < 1.29 is 18.7 Å². The first-order valence-corrected chi connectivity index (χ1v) is 9.83. The van der Waals surface area contributed by atoms with Gasteiger partial charge in [0.25, 0.3) is 5.91 Å². The minimum atomic E-state index is -1.38. The van der Waals surface area contributed by atoms with E-state index < -0.39 is 12.1 Å². The average molecular weight is 351 g/mol. The zero-order valence-electron chi connectivity index (χ0n) is 15.5. The standard InChI is InChI=1S/C20H30FNO3/c1-19-9-8-13-11(12(19)5-6-14(19)18(24)25-3)4-7-16-20(13,2)10-15(21)17(23)22-16/h11-16H,4-10H2,1-3H3,(H,22,23)/t11-,12-,13?,14+,15?,16+,19-,20+/m0/s1. The van der Waals surface area contributed by atoms with Gasteiger partial charge in [-0.2, -0.15) is 0 Å². The fourth-order valence-electron chi connectivity index (χ4n) is 7.26. The molecule has 0 bridgehead atoms. The molecular formula is C20H30FNO3. The summed E-state index contributed by atoms with van der Waals surface area (Å²) in [6.07, 6.45) is 5.02. The van der Waals surface area contributed by atoms with E-state index in [1.165, 1.54) is 7.11 Å². The van der Waals surface area contributed by atoms with Gasteiger partial charge in [0, 0.05) is 6.04 Å². The number of nitrogens with one attached hydrogen (secondary N) is 1. The number of amides is 1. The molecule has 1 aliphatic heterocycles. The normalized spacial score (nSPS) is 51.8. The maximum absolute atomic E-state index is 14.2. The van der Waals surface area contributed by atoms with Crippen LogP contribution in [0.5, 0.6) is 0 Å². The predicted octanol–water partition coefficient (Wildman–Crippen LogP) is 3.24. The largest absolute Gasteiger partial charge is 0.469 e. The highest BCUT2D eigenvalue weighted by Gasteiger charge is 2.62. The van der Waals surface area contributed by atoms with Crippen LogP contribution in [0.25, 0.3) is 0 Å². The summed E-state index contributed by atoms with van der Waals surface area (Å²) in [6.45, 7) is 4.47. The summed E-state index contributed by atoms with van der Waals surface area (Å²) in [4.78, 5) is 24.1. The van der Waals surface area contributed by atoms with Gasteiger partial charge in [-0.1, -0.05) is 13.8 Å². The smallest absolute Gasteiger partial charge is 0.309 e. The molecule has 0 aromatic heterocycles. The van der Waals surface area contributed by atoms with Crippen LogP contribution in [0.15, 0.2) is 0 Å². The number of hydrogen-bond acceptors (Lipinski definition) is 3. The third-order valence-electron chi connectivity index (χ3n) is 8.57. The van der Waals surface area contributed by atoms with Gasteiger partial charge in [-0.3, -0.25) is 9.59 Å². The Labute approximate surface area is 149 Å². The lowest BCUT2D eigenvalue weighted by Crippen LogP contribution is -2.63. The van der Waals surface area contributed by atoms with Crippen LogP contribution in [0.4, 0.5) is 4.39 Å². The van der Waals surface area contributed by atoms with E-state index in [0.29, 0.717) is 24.2 Å². The Bertz CT molecular complexity index is 595. The molecule has 140 valence electrons. The van der Waals surface area contributed by atoms with E-state index in [1.807, 2.05) is 0 Å². The average Bonchev–Trinajstić information content (AvgIpc) is 2.93. The number of carbonyl (C=O) groups excluding carboxylic acids is 2. The summed E-state index contributed by atoms with van der Waals surface area (Å²) >= 11 is 0. The fourth-order valence-corrected chi connectivity index (χ4v) is 7.26. The van der Waals surface area contributed by atoms with Crippen LogP contribution < -0.4 is 5.32 Å². The zero-order chi connectivity index (χ0) is 18.0. The molecule has 3 saturated carbocycles. The molecule has 3 aliphatic carbocycles. The van der Waals surface area contributed by atoms with Crippen LogP contribution in [0.1, 0.15) is 58.8 Å². The Morgan fingerprint density at radius 1 is 1.12 bits per heavy atom. The molecule has 8 atom stereocenters. The van der Waals surface area contributed by atoms with Crippen LogP contribution in [-0.4, -0.2) is 31.2 Å². The topological polar surface area (TPSA) is 55.4 Å². The number of ether oxygens (including phenoxy) is 1. The van der Waals surface area contributed by atoms with Gasteiger partial charge in [-0.05, 0) is 73.5 Å². The molecule has 5 heteroatoms. The van der Waals surface area contributed by atoms with E-state index in [-0.39, 0.29) is 28.8 Å².